The topological polar surface area (TPSA) is 72.2 Å². The number of carbonyl (C=O) groups is 1. The highest BCUT2D eigenvalue weighted by Gasteiger charge is 2.36. The fraction of sp³-hybridized carbons (Fsp3) is 0.167. The number of hydrogen-bond donors (Lipinski definition) is 1. The van der Waals surface area contributed by atoms with Crippen molar-refractivity contribution >= 4 is 33.1 Å². The molecule has 0 aliphatic heterocycles. The molecule has 0 unspecified atom stereocenters. The van der Waals surface area contributed by atoms with E-state index in [9.17, 15) is 4.79 Å². The van der Waals surface area contributed by atoms with Crippen LogP contribution >= 0.6 is 11.3 Å². The fourth-order valence-electron chi connectivity index (χ4n) is 3.78. The Bertz CT molecular complexity index is 1330. The summed E-state index contributed by atoms with van der Waals surface area (Å²) in [7, 11) is 0. The number of rotatable bonds is 6. The second-order valence-electron chi connectivity index (χ2n) is 7.68. The molecule has 0 saturated heterocycles. The molecule has 0 radical (unpaired) electrons. The molecular formula is C24H21N5OS. The summed E-state index contributed by atoms with van der Waals surface area (Å²) in [6.07, 6.45) is 2.41. The van der Waals surface area contributed by atoms with Gasteiger partial charge in [-0.2, -0.15) is 0 Å². The SMILES string of the molecule is C[C@](Cc1nc2ccccc2s1)(C(=O)NCc1nnc2ccccn12)c1ccccc1. The van der Waals surface area contributed by atoms with Crippen LogP contribution < -0.4 is 5.32 Å². The number of benzene rings is 2. The van der Waals surface area contributed by atoms with Gasteiger partial charge in [-0.05, 0) is 36.8 Å². The molecule has 3 aromatic heterocycles. The predicted octanol–water partition coefficient (Wildman–Crippen LogP) is 4.16. The van der Waals surface area contributed by atoms with E-state index in [1.165, 1.54) is 0 Å². The van der Waals surface area contributed by atoms with Crippen LogP contribution in [0.3, 0.4) is 0 Å². The molecule has 2 aromatic carbocycles. The summed E-state index contributed by atoms with van der Waals surface area (Å²) in [6, 6.07) is 23.7. The summed E-state index contributed by atoms with van der Waals surface area (Å²) in [5.41, 5.74) is 1.91. The van der Waals surface area contributed by atoms with Crippen molar-refractivity contribution in [1.29, 1.82) is 0 Å². The van der Waals surface area contributed by atoms with E-state index in [-0.39, 0.29) is 5.91 Å². The van der Waals surface area contributed by atoms with E-state index in [4.69, 9.17) is 4.98 Å². The average Bonchev–Trinajstić information content (AvgIpc) is 3.41. The molecule has 6 nitrogen and oxygen atoms in total. The Kier molecular flexibility index (Phi) is 4.95. The number of carbonyl (C=O) groups excluding carboxylic acids is 1. The first-order chi connectivity index (χ1) is 15.1. The Morgan fingerprint density at radius 2 is 1.77 bits per heavy atom. The monoisotopic (exact) mass is 427 g/mol. The van der Waals surface area contributed by atoms with Gasteiger partial charge in [-0.25, -0.2) is 4.98 Å². The minimum atomic E-state index is -0.768. The van der Waals surface area contributed by atoms with E-state index in [1.54, 1.807) is 11.3 Å². The smallest absolute Gasteiger partial charge is 0.231 e. The Labute approximate surface area is 183 Å². The van der Waals surface area contributed by atoms with Gasteiger partial charge < -0.3 is 5.32 Å². The molecule has 0 fully saturated rings. The number of fused-ring (bicyclic) bond motifs is 2. The second-order valence-corrected chi connectivity index (χ2v) is 8.79. The standard InChI is InChI=1S/C24H21N5OS/c1-24(17-9-3-2-4-10-17,15-22-26-18-11-5-6-12-19(18)31-22)23(30)25-16-21-28-27-20-13-7-8-14-29(20)21/h2-14H,15-16H2,1H3,(H,25,30)/t24-/m1/s1. The number of hydrogen-bond acceptors (Lipinski definition) is 5. The maximum absolute atomic E-state index is 13.5. The lowest BCUT2D eigenvalue weighted by Crippen LogP contribution is -2.43. The van der Waals surface area contributed by atoms with Crippen molar-refractivity contribution in [3.63, 3.8) is 0 Å². The molecule has 1 N–H and O–H groups in total. The molecule has 5 rings (SSSR count). The summed E-state index contributed by atoms with van der Waals surface area (Å²) < 4.78 is 3.01. The lowest BCUT2D eigenvalue weighted by Gasteiger charge is -2.28. The first-order valence-electron chi connectivity index (χ1n) is 10.1. The van der Waals surface area contributed by atoms with Crippen LogP contribution in [0.15, 0.2) is 79.0 Å². The number of pyridine rings is 1. The van der Waals surface area contributed by atoms with Crippen molar-refractivity contribution in [2.24, 2.45) is 0 Å². The lowest BCUT2D eigenvalue weighted by atomic mass is 9.78. The van der Waals surface area contributed by atoms with Crippen LogP contribution in [0.5, 0.6) is 0 Å². The zero-order chi connectivity index (χ0) is 21.3. The molecule has 3 heterocycles. The summed E-state index contributed by atoms with van der Waals surface area (Å²) >= 11 is 1.64. The van der Waals surface area contributed by atoms with Crippen molar-refractivity contribution in [2.45, 2.75) is 25.3 Å². The molecule has 154 valence electrons. The minimum Gasteiger partial charge on any atom is -0.348 e. The van der Waals surface area contributed by atoms with E-state index < -0.39 is 5.41 Å². The summed E-state index contributed by atoms with van der Waals surface area (Å²) in [5, 5.41) is 12.4. The van der Waals surface area contributed by atoms with Gasteiger partial charge in [0.05, 0.1) is 27.2 Å². The highest BCUT2D eigenvalue weighted by Crippen LogP contribution is 2.32. The van der Waals surface area contributed by atoms with Crippen molar-refractivity contribution in [3.8, 4) is 0 Å². The van der Waals surface area contributed by atoms with Crippen LogP contribution in [-0.4, -0.2) is 25.5 Å². The highest BCUT2D eigenvalue weighted by atomic mass is 32.1. The van der Waals surface area contributed by atoms with Gasteiger partial charge in [-0.1, -0.05) is 48.5 Å². The van der Waals surface area contributed by atoms with Crippen LogP contribution in [-0.2, 0) is 23.2 Å². The Hall–Kier alpha value is -3.58. The number of amides is 1. The quantitative estimate of drug-likeness (QED) is 0.442. The van der Waals surface area contributed by atoms with Crippen molar-refractivity contribution in [2.75, 3.05) is 0 Å². The van der Waals surface area contributed by atoms with Crippen molar-refractivity contribution in [3.05, 3.63) is 95.4 Å². The molecule has 1 amide bonds. The summed E-state index contributed by atoms with van der Waals surface area (Å²) in [6.45, 7) is 2.28. The van der Waals surface area contributed by atoms with Crippen molar-refractivity contribution < 1.29 is 4.79 Å². The third kappa shape index (κ3) is 3.68. The fourth-order valence-corrected chi connectivity index (χ4v) is 4.91. The molecule has 31 heavy (non-hydrogen) atoms. The Morgan fingerprint density at radius 3 is 2.61 bits per heavy atom. The Balaban J connectivity index is 1.44. The zero-order valence-electron chi connectivity index (χ0n) is 17.0. The van der Waals surface area contributed by atoms with Crippen LogP contribution in [0.4, 0.5) is 0 Å². The lowest BCUT2D eigenvalue weighted by molar-refractivity contribution is -0.126. The first kappa shape index (κ1) is 19.4. The van der Waals surface area contributed by atoms with Crippen LogP contribution in [0.25, 0.3) is 15.9 Å². The summed E-state index contributed by atoms with van der Waals surface area (Å²) in [4.78, 5) is 18.3. The van der Waals surface area contributed by atoms with E-state index in [2.05, 4.69) is 21.6 Å². The van der Waals surface area contributed by atoms with Gasteiger partial charge in [0.2, 0.25) is 5.91 Å². The molecule has 0 aliphatic rings. The molecule has 0 saturated carbocycles. The normalized spacial score (nSPS) is 13.3. The van der Waals surface area contributed by atoms with Gasteiger partial charge in [0.25, 0.3) is 0 Å². The number of thiazole rings is 1. The van der Waals surface area contributed by atoms with Crippen LogP contribution in [0, 0.1) is 0 Å². The maximum Gasteiger partial charge on any atom is 0.231 e. The maximum atomic E-state index is 13.5. The zero-order valence-corrected chi connectivity index (χ0v) is 17.8. The molecule has 0 spiro atoms. The van der Waals surface area contributed by atoms with Gasteiger partial charge in [0, 0.05) is 12.6 Å². The number of nitrogens with zero attached hydrogens (tertiary/aromatic N) is 4. The minimum absolute atomic E-state index is 0.0642. The number of nitrogens with one attached hydrogen (secondary N) is 1. The second kappa shape index (κ2) is 7.92. The molecule has 1 atom stereocenters. The van der Waals surface area contributed by atoms with E-state index in [0.29, 0.717) is 18.8 Å². The Morgan fingerprint density at radius 1 is 1.00 bits per heavy atom. The molecule has 5 aromatic rings. The van der Waals surface area contributed by atoms with E-state index in [1.807, 2.05) is 84.3 Å². The van der Waals surface area contributed by atoms with Gasteiger partial charge in [-0.15, -0.1) is 21.5 Å². The molecule has 0 bridgehead atoms. The third-order valence-electron chi connectivity index (χ3n) is 5.55. The molecule has 7 heteroatoms. The average molecular weight is 428 g/mol. The first-order valence-corrected chi connectivity index (χ1v) is 10.9. The van der Waals surface area contributed by atoms with Gasteiger partial charge in [0.1, 0.15) is 0 Å². The van der Waals surface area contributed by atoms with E-state index >= 15 is 0 Å². The van der Waals surface area contributed by atoms with Crippen LogP contribution in [0.2, 0.25) is 0 Å². The largest absolute Gasteiger partial charge is 0.348 e. The summed E-state index contributed by atoms with van der Waals surface area (Å²) in [5.74, 6) is 0.630. The molecule has 0 aliphatic carbocycles. The van der Waals surface area contributed by atoms with Crippen LogP contribution in [0.1, 0.15) is 23.3 Å². The highest BCUT2D eigenvalue weighted by molar-refractivity contribution is 7.18. The van der Waals surface area contributed by atoms with Gasteiger partial charge in [0.15, 0.2) is 11.5 Å². The molecular weight excluding hydrogens is 406 g/mol. The number of para-hydroxylation sites is 1. The third-order valence-corrected chi connectivity index (χ3v) is 6.58. The van der Waals surface area contributed by atoms with Crippen molar-refractivity contribution in [1.82, 2.24) is 24.9 Å². The van der Waals surface area contributed by atoms with E-state index in [0.717, 1.165) is 26.4 Å². The van der Waals surface area contributed by atoms with Gasteiger partial charge >= 0.3 is 0 Å². The van der Waals surface area contributed by atoms with Gasteiger partial charge in [-0.3, -0.25) is 9.20 Å². The predicted molar refractivity (Wildman–Crippen MR) is 122 cm³/mol. The number of aromatic nitrogens is 4.